The lowest BCUT2D eigenvalue weighted by atomic mass is 10.1. The molecule has 32 heavy (non-hydrogen) atoms. The van der Waals surface area contributed by atoms with Crippen LogP contribution in [0.2, 0.25) is 0 Å². The Hall–Kier alpha value is -4.33. The van der Waals surface area contributed by atoms with Crippen LogP contribution in [0.25, 0.3) is 21.8 Å². The second-order valence-electron chi connectivity index (χ2n) is 7.30. The fraction of sp³-hybridized carbons (Fsp3) is 0.125. The largest absolute Gasteiger partial charge is 0.478 e. The molecule has 1 aliphatic heterocycles. The van der Waals surface area contributed by atoms with Crippen LogP contribution >= 0.6 is 0 Å². The summed E-state index contributed by atoms with van der Waals surface area (Å²) in [7, 11) is 0. The van der Waals surface area contributed by atoms with E-state index in [1.54, 1.807) is 37.3 Å². The Bertz CT molecular complexity index is 1350. The fourth-order valence-corrected chi connectivity index (χ4v) is 3.28. The summed E-state index contributed by atoms with van der Waals surface area (Å²) in [6, 6.07) is 17.5. The molecule has 8 nitrogen and oxygen atoms in total. The maximum atomic E-state index is 12.0. The summed E-state index contributed by atoms with van der Waals surface area (Å²) in [5.74, 6) is -1.21. The molecule has 160 valence electrons. The van der Waals surface area contributed by atoms with Gasteiger partial charge in [0.15, 0.2) is 5.75 Å². The third kappa shape index (κ3) is 4.54. The van der Waals surface area contributed by atoms with Crippen molar-refractivity contribution in [1.82, 2.24) is 15.3 Å². The highest BCUT2D eigenvalue weighted by molar-refractivity contribution is 5.97. The molecule has 2 aromatic heterocycles. The van der Waals surface area contributed by atoms with Gasteiger partial charge in [-0.05, 0) is 31.2 Å². The van der Waals surface area contributed by atoms with Gasteiger partial charge in [0.1, 0.15) is 11.2 Å². The Kier molecular flexibility index (Phi) is 5.76. The van der Waals surface area contributed by atoms with Crippen molar-refractivity contribution in [3.63, 3.8) is 0 Å². The lowest BCUT2D eigenvalue weighted by molar-refractivity contribution is -0.134. The van der Waals surface area contributed by atoms with Gasteiger partial charge in [-0.1, -0.05) is 36.4 Å². The highest BCUT2D eigenvalue weighted by Crippen LogP contribution is 2.25. The average Bonchev–Trinajstić information content (AvgIpc) is 2.78. The number of aromatic nitrogens is 2. The van der Waals surface area contributed by atoms with E-state index in [1.807, 2.05) is 30.3 Å². The second kappa shape index (κ2) is 8.81. The van der Waals surface area contributed by atoms with Crippen LogP contribution in [0, 0.1) is 0 Å². The molecule has 0 saturated heterocycles. The average molecular weight is 429 g/mol. The number of nitrogens with one attached hydrogen (secondary N) is 1. The van der Waals surface area contributed by atoms with Crippen molar-refractivity contribution in [1.29, 1.82) is 0 Å². The number of rotatable bonds is 1. The van der Waals surface area contributed by atoms with Crippen LogP contribution in [-0.2, 0) is 4.79 Å². The van der Waals surface area contributed by atoms with Crippen LogP contribution < -0.4 is 10.1 Å². The smallest absolute Gasteiger partial charge is 0.337 e. The minimum atomic E-state index is -0.946. The molecule has 8 heteroatoms. The lowest BCUT2D eigenvalue weighted by Gasteiger charge is -2.16. The van der Waals surface area contributed by atoms with Crippen LogP contribution in [0.4, 0.5) is 0 Å². The first-order valence-electron chi connectivity index (χ1n) is 9.90. The minimum Gasteiger partial charge on any atom is -0.478 e. The van der Waals surface area contributed by atoms with E-state index in [0.29, 0.717) is 17.0 Å². The molecule has 1 aliphatic rings. The number of carbonyl (C=O) groups is 3. The molecule has 1 unspecified atom stereocenters. The van der Waals surface area contributed by atoms with Gasteiger partial charge in [0.05, 0.1) is 17.5 Å². The van der Waals surface area contributed by atoms with E-state index in [2.05, 4.69) is 15.3 Å². The van der Waals surface area contributed by atoms with Gasteiger partial charge in [0.2, 0.25) is 0 Å². The molecule has 4 aromatic rings. The molecule has 1 amide bonds. The Morgan fingerprint density at radius 2 is 1.84 bits per heavy atom. The van der Waals surface area contributed by atoms with Crippen LogP contribution in [0.5, 0.6) is 5.75 Å². The molecule has 0 radical (unpaired) electrons. The summed E-state index contributed by atoms with van der Waals surface area (Å²) >= 11 is 0. The number of aromatic carboxylic acids is 1. The van der Waals surface area contributed by atoms with Crippen LogP contribution in [0.3, 0.4) is 0 Å². The van der Waals surface area contributed by atoms with Crippen molar-refractivity contribution in [2.24, 2.45) is 0 Å². The van der Waals surface area contributed by atoms with Gasteiger partial charge in [-0.25, -0.2) is 9.78 Å². The molecule has 2 aromatic carbocycles. The van der Waals surface area contributed by atoms with Crippen molar-refractivity contribution >= 4 is 39.7 Å². The summed E-state index contributed by atoms with van der Waals surface area (Å²) < 4.78 is 5.31. The Morgan fingerprint density at radius 3 is 2.66 bits per heavy atom. The van der Waals surface area contributed by atoms with Crippen LogP contribution in [-0.4, -0.2) is 39.0 Å². The quantitative estimate of drug-likeness (QED) is 0.351. The zero-order valence-corrected chi connectivity index (χ0v) is 17.1. The second-order valence-corrected chi connectivity index (χ2v) is 7.30. The fourth-order valence-electron chi connectivity index (χ4n) is 3.28. The minimum absolute atomic E-state index is 0.131. The van der Waals surface area contributed by atoms with Crippen molar-refractivity contribution in [2.75, 3.05) is 0 Å². The zero-order chi connectivity index (χ0) is 22.7. The lowest BCUT2D eigenvalue weighted by Crippen LogP contribution is -2.36. The molecule has 2 N–H and O–H groups in total. The maximum absolute atomic E-state index is 12.0. The molecular formula is C24H19N3O5. The van der Waals surface area contributed by atoms with Gasteiger partial charge in [-0.15, -0.1) is 0 Å². The predicted octanol–water partition coefficient (Wildman–Crippen LogP) is 3.60. The first-order chi connectivity index (χ1) is 15.4. The zero-order valence-electron chi connectivity index (χ0n) is 17.1. The van der Waals surface area contributed by atoms with E-state index in [9.17, 15) is 14.4 Å². The van der Waals surface area contributed by atoms with Crippen molar-refractivity contribution in [3.05, 3.63) is 78.1 Å². The third-order valence-corrected chi connectivity index (χ3v) is 4.83. The summed E-state index contributed by atoms with van der Waals surface area (Å²) in [6.07, 6.45) is 1.50. The molecule has 0 spiro atoms. The summed E-state index contributed by atoms with van der Waals surface area (Å²) in [5.41, 5.74) is 1.88. The summed E-state index contributed by atoms with van der Waals surface area (Å²) in [4.78, 5) is 42.6. The topological polar surface area (TPSA) is 118 Å². The van der Waals surface area contributed by atoms with Gasteiger partial charge < -0.3 is 15.2 Å². The number of carbonyl (C=O) groups excluding carboxylic acids is 2. The number of carboxylic acids is 1. The number of hydrogen-bond acceptors (Lipinski definition) is 6. The SMILES string of the molecule is CC1CC(=O)Oc2cccc3ccc(nc23)C(=O)N1.O=C(O)c1cnc2ccccc2c1. The standard InChI is InChI=1S/C14H12N2O3.C10H7NO2/c1-8-7-12(17)19-11-4-2-3-9-5-6-10(14(18)15-8)16-13(9)11;12-10(13)8-5-7-3-1-2-4-9(7)11-6-8/h2-6,8H,7H2,1H3,(H,15,18);1-6H,(H,12,13). The molecule has 3 heterocycles. The number of hydrogen-bond donors (Lipinski definition) is 2. The maximum Gasteiger partial charge on any atom is 0.337 e. The number of amides is 1. The predicted molar refractivity (Wildman–Crippen MR) is 118 cm³/mol. The number of ether oxygens (including phenoxy) is 1. The van der Waals surface area contributed by atoms with Gasteiger partial charge in [-0.3, -0.25) is 14.6 Å². The van der Waals surface area contributed by atoms with Crippen molar-refractivity contribution in [3.8, 4) is 5.75 Å². The van der Waals surface area contributed by atoms with E-state index < -0.39 is 5.97 Å². The van der Waals surface area contributed by atoms with Gasteiger partial charge in [0, 0.05) is 23.0 Å². The Balaban J connectivity index is 0.000000165. The molecule has 0 aliphatic carbocycles. The number of benzene rings is 2. The molecule has 1 atom stereocenters. The monoisotopic (exact) mass is 429 g/mol. The van der Waals surface area contributed by atoms with Gasteiger partial charge in [0.25, 0.3) is 5.91 Å². The first-order valence-corrected chi connectivity index (χ1v) is 9.90. The van der Waals surface area contributed by atoms with Crippen molar-refractivity contribution in [2.45, 2.75) is 19.4 Å². The van der Waals surface area contributed by atoms with Crippen LogP contribution in [0.1, 0.15) is 34.2 Å². The Morgan fingerprint density at radius 1 is 1.06 bits per heavy atom. The summed E-state index contributed by atoms with van der Waals surface area (Å²) in [5, 5.41) is 13.1. The molecular weight excluding hydrogens is 410 g/mol. The number of fused-ring (bicyclic) bond motifs is 2. The molecule has 5 rings (SSSR count). The highest BCUT2D eigenvalue weighted by atomic mass is 16.5. The number of para-hydroxylation sites is 2. The number of pyridine rings is 2. The van der Waals surface area contributed by atoms with E-state index in [1.165, 1.54) is 6.20 Å². The van der Waals surface area contributed by atoms with Crippen molar-refractivity contribution < 1.29 is 24.2 Å². The van der Waals surface area contributed by atoms with E-state index in [-0.39, 0.29) is 29.9 Å². The highest BCUT2D eigenvalue weighted by Gasteiger charge is 2.19. The van der Waals surface area contributed by atoms with E-state index in [4.69, 9.17) is 9.84 Å². The van der Waals surface area contributed by atoms with Gasteiger partial charge in [-0.2, -0.15) is 0 Å². The molecule has 2 bridgehead atoms. The molecule has 0 fully saturated rings. The number of carboxylic acid groups (broad SMARTS) is 1. The summed E-state index contributed by atoms with van der Waals surface area (Å²) in [6.45, 7) is 1.76. The molecule has 0 saturated carbocycles. The third-order valence-electron chi connectivity index (χ3n) is 4.83. The van der Waals surface area contributed by atoms with E-state index in [0.717, 1.165) is 16.3 Å². The first kappa shape index (κ1) is 20.9. The number of esters is 1. The Labute approximate surface area is 182 Å². The normalized spacial score (nSPS) is 15.5. The van der Waals surface area contributed by atoms with E-state index >= 15 is 0 Å². The van der Waals surface area contributed by atoms with Crippen LogP contribution in [0.15, 0.2) is 66.9 Å². The number of nitrogens with zero attached hydrogens (tertiary/aromatic N) is 2. The van der Waals surface area contributed by atoms with Gasteiger partial charge >= 0.3 is 11.9 Å².